The van der Waals surface area contributed by atoms with Gasteiger partial charge in [0.05, 0.1) is 6.10 Å². The van der Waals surface area contributed by atoms with Gasteiger partial charge in [0.25, 0.3) is 0 Å². The van der Waals surface area contributed by atoms with Crippen LogP contribution in [0, 0.1) is 32.6 Å². The largest absolute Gasteiger partial charge is 0.388 e. The number of hydrogen-bond donors (Lipinski definition) is 1. The van der Waals surface area contributed by atoms with Crippen molar-refractivity contribution in [3.05, 3.63) is 34.4 Å². The van der Waals surface area contributed by atoms with Crippen molar-refractivity contribution in [3.8, 4) is 0 Å². The van der Waals surface area contributed by atoms with Crippen molar-refractivity contribution in [1.82, 2.24) is 0 Å². The van der Waals surface area contributed by atoms with Gasteiger partial charge in [-0.2, -0.15) is 0 Å². The fraction of sp³-hybridized carbons (Fsp3) is 0.647. The fourth-order valence-corrected chi connectivity index (χ4v) is 3.33. The molecular formula is C17H26O. The molecule has 100 valence electrons. The molecule has 1 saturated carbocycles. The van der Waals surface area contributed by atoms with Crippen LogP contribution in [-0.2, 0) is 0 Å². The Hall–Kier alpha value is -0.820. The number of aryl methyl sites for hydroxylation is 3. The molecule has 1 aliphatic carbocycles. The van der Waals surface area contributed by atoms with Gasteiger partial charge in [0, 0.05) is 0 Å². The van der Waals surface area contributed by atoms with Gasteiger partial charge in [-0.05, 0) is 67.7 Å². The molecule has 18 heavy (non-hydrogen) atoms. The second-order valence-corrected chi connectivity index (χ2v) is 6.09. The molecule has 0 aliphatic heterocycles. The minimum atomic E-state index is -0.263. The van der Waals surface area contributed by atoms with E-state index < -0.39 is 0 Å². The van der Waals surface area contributed by atoms with Crippen LogP contribution in [-0.4, -0.2) is 5.11 Å². The Morgan fingerprint density at radius 1 is 1.11 bits per heavy atom. The molecule has 0 spiro atoms. The van der Waals surface area contributed by atoms with Gasteiger partial charge in [0.1, 0.15) is 0 Å². The molecule has 1 fully saturated rings. The Morgan fingerprint density at radius 2 is 1.78 bits per heavy atom. The van der Waals surface area contributed by atoms with E-state index >= 15 is 0 Å². The zero-order valence-corrected chi connectivity index (χ0v) is 12.2. The van der Waals surface area contributed by atoms with Crippen LogP contribution < -0.4 is 0 Å². The van der Waals surface area contributed by atoms with Gasteiger partial charge in [0.15, 0.2) is 0 Å². The fourth-order valence-electron chi connectivity index (χ4n) is 3.33. The Balaban J connectivity index is 2.19. The topological polar surface area (TPSA) is 20.2 Å². The van der Waals surface area contributed by atoms with Crippen LogP contribution in [0.3, 0.4) is 0 Å². The lowest BCUT2D eigenvalue weighted by atomic mass is 9.88. The van der Waals surface area contributed by atoms with E-state index in [-0.39, 0.29) is 6.10 Å². The number of aliphatic hydroxyl groups excluding tert-OH is 1. The zero-order chi connectivity index (χ0) is 13.3. The third kappa shape index (κ3) is 2.61. The first-order valence-electron chi connectivity index (χ1n) is 7.28. The van der Waals surface area contributed by atoms with E-state index in [1.807, 2.05) is 0 Å². The minimum absolute atomic E-state index is 0.263. The first-order chi connectivity index (χ1) is 8.52. The molecule has 3 unspecified atom stereocenters. The van der Waals surface area contributed by atoms with Gasteiger partial charge in [-0.1, -0.05) is 31.9 Å². The second kappa shape index (κ2) is 5.44. The van der Waals surface area contributed by atoms with Crippen LogP contribution in [0.25, 0.3) is 0 Å². The second-order valence-electron chi connectivity index (χ2n) is 6.09. The maximum atomic E-state index is 10.6. The Kier molecular flexibility index (Phi) is 4.11. The summed E-state index contributed by atoms with van der Waals surface area (Å²) in [4.78, 5) is 0. The van der Waals surface area contributed by atoms with E-state index in [0.29, 0.717) is 5.92 Å². The number of aliphatic hydroxyl groups is 1. The highest BCUT2D eigenvalue weighted by Gasteiger charge is 2.30. The van der Waals surface area contributed by atoms with Gasteiger partial charge in [-0.25, -0.2) is 0 Å². The van der Waals surface area contributed by atoms with Crippen molar-refractivity contribution in [2.75, 3.05) is 0 Å². The van der Waals surface area contributed by atoms with E-state index in [9.17, 15) is 5.11 Å². The highest BCUT2D eigenvalue weighted by Crippen LogP contribution is 2.41. The molecule has 1 nitrogen and oxygen atoms in total. The smallest absolute Gasteiger partial charge is 0.0820 e. The van der Waals surface area contributed by atoms with Crippen LogP contribution >= 0.6 is 0 Å². The molecule has 0 heterocycles. The lowest BCUT2D eigenvalue weighted by Crippen LogP contribution is -2.11. The summed E-state index contributed by atoms with van der Waals surface area (Å²) in [5.41, 5.74) is 5.01. The summed E-state index contributed by atoms with van der Waals surface area (Å²) < 4.78 is 0. The van der Waals surface area contributed by atoms with E-state index in [4.69, 9.17) is 0 Å². The summed E-state index contributed by atoms with van der Waals surface area (Å²) in [5.74, 6) is 1.30. The van der Waals surface area contributed by atoms with Crippen LogP contribution in [0.4, 0.5) is 0 Å². The SMILES string of the molecule is CCC1CCC(C(O)c2cc(C)c(C)cc2C)C1. The van der Waals surface area contributed by atoms with Gasteiger partial charge < -0.3 is 5.11 Å². The van der Waals surface area contributed by atoms with E-state index in [2.05, 4.69) is 39.8 Å². The molecule has 0 saturated heterocycles. The monoisotopic (exact) mass is 246 g/mol. The number of hydrogen-bond acceptors (Lipinski definition) is 1. The van der Waals surface area contributed by atoms with E-state index in [0.717, 1.165) is 11.5 Å². The van der Waals surface area contributed by atoms with Gasteiger partial charge in [-0.3, -0.25) is 0 Å². The predicted octanol–water partition coefficient (Wildman–Crippen LogP) is 4.47. The Morgan fingerprint density at radius 3 is 2.39 bits per heavy atom. The van der Waals surface area contributed by atoms with Crippen LogP contribution in [0.2, 0.25) is 0 Å². The lowest BCUT2D eigenvalue weighted by molar-refractivity contribution is 0.108. The van der Waals surface area contributed by atoms with Crippen molar-refractivity contribution in [2.24, 2.45) is 11.8 Å². The van der Waals surface area contributed by atoms with Gasteiger partial charge in [0.2, 0.25) is 0 Å². The Labute approximate surface area is 111 Å². The van der Waals surface area contributed by atoms with E-state index in [1.54, 1.807) is 0 Å². The van der Waals surface area contributed by atoms with E-state index in [1.165, 1.54) is 42.4 Å². The summed E-state index contributed by atoms with van der Waals surface area (Å²) in [7, 11) is 0. The third-order valence-corrected chi connectivity index (χ3v) is 4.81. The van der Waals surface area contributed by atoms with Gasteiger partial charge in [-0.15, -0.1) is 0 Å². The molecule has 3 atom stereocenters. The highest BCUT2D eigenvalue weighted by atomic mass is 16.3. The first kappa shape index (κ1) is 13.6. The average Bonchev–Trinajstić information content (AvgIpc) is 2.81. The molecule has 1 heteroatoms. The minimum Gasteiger partial charge on any atom is -0.388 e. The van der Waals surface area contributed by atoms with Crippen molar-refractivity contribution in [1.29, 1.82) is 0 Å². The highest BCUT2D eigenvalue weighted by molar-refractivity contribution is 5.37. The van der Waals surface area contributed by atoms with Crippen molar-refractivity contribution in [2.45, 2.75) is 59.5 Å². The van der Waals surface area contributed by atoms with Gasteiger partial charge >= 0.3 is 0 Å². The molecule has 1 aromatic rings. The summed E-state index contributed by atoms with van der Waals surface area (Å²) in [6, 6.07) is 4.40. The predicted molar refractivity (Wildman–Crippen MR) is 76.7 cm³/mol. The van der Waals surface area contributed by atoms with Crippen LogP contribution in [0.15, 0.2) is 12.1 Å². The van der Waals surface area contributed by atoms with Crippen LogP contribution in [0.5, 0.6) is 0 Å². The third-order valence-electron chi connectivity index (χ3n) is 4.81. The van der Waals surface area contributed by atoms with Crippen molar-refractivity contribution >= 4 is 0 Å². The molecule has 0 amide bonds. The molecule has 2 rings (SSSR count). The molecule has 0 bridgehead atoms. The van der Waals surface area contributed by atoms with Crippen molar-refractivity contribution in [3.63, 3.8) is 0 Å². The molecular weight excluding hydrogens is 220 g/mol. The summed E-state index contributed by atoms with van der Waals surface area (Å²) in [6.45, 7) is 8.66. The molecule has 0 radical (unpaired) electrons. The van der Waals surface area contributed by atoms with Crippen LogP contribution in [0.1, 0.15) is 61.0 Å². The number of rotatable bonds is 3. The van der Waals surface area contributed by atoms with Crippen molar-refractivity contribution < 1.29 is 5.11 Å². The maximum absolute atomic E-state index is 10.6. The first-order valence-corrected chi connectivity index (χ1v) is 7.28. The molecule has 0 aromatic heterocycles. The summed E-state index contributed by atoms with van der Waals surface area (Å²) >= 11 is 0. The molecule has 1 aliphatic rings. The maximum Gasteiger partial charge on any atom is 0.0820 e. The normalized spacial score (nSPS) is 25.4. The molecule has 1 aromatic carbocycles. The quantitative estimate of drug-likeness (QED) is 0.834. The number of benzene rings is 1. The Bertz CT molecular complexity index is 422. The molecule has 1 N–H and O–H groups in total. The average molecular weight is 246 g/mol. The summed E-state index contributed by atoms with van der Waals surface area (Å²) in [6.07, 6.45) is 4.67. The standard InChI is InChI=1S/C17H26O/c1-5-14-6-7-15(10-14)17(18)16-9-12(3)11(2)8-13(16)4/h8-9,14-15,17-18H,5-7,10H2,1-4H3. The summed E-state index contributed by atoms with van der Waals surface area (Å²) in [5, 5.41) is 10.6. The lowest BCUT2D eigenvalue weighted by Gasteiger charge is -2.21. The zero-order valence-electron chi connectivity index (χ0n) is 12.2.